The minimum absolute atomic E-state index is 0.0238. The van der Waals surface area contributed by atoms with Gasteiger partial charge in [-0.25, -0.2) is 4.79 Å². The van der Waals surface area contributed by atoms with E-state index < -0.39 is 35.2 Å². The Hall–Kier alpha value is -3.44. The van der Waals surface area contributed by atoms with Crippen LogP contribution in [0.15, 0.2) is 78.9 Å². The number of benzene rings is 3. The smallest absolute Gasteiger partial charge is 0.343 e. The van der Waals surface area contributed by atoms with Crippen LogP contribution in [0.25, 0.3) is 0 Å². The number of hydrogen-bond donors (Lipinski definition) is 0. The first-order valence-electron chi connectivity index (χ1n) is 11.3. The summed E-state index contributed by atoms with van der Waals surface area (Å²) in [5.74, 6) is -1.25. The lowest BCUT2D eigenvalue weighted by Crippen LogP contribution is -2.58. The minimum Gasteiger partial charge on any atom is -0.468 e. The number of carbonyl (C=O) groups is 2. The van der Waals surface area contributed by atoms with Gasteiger partial charge < -0.3 is 14.2 Å². The lowest BCUT2D eigenvalue weighted by Gasteiger charge is -2.52. The number of methoxy groups -OCH3 is 1. The molecule has 8 rings (SSSR count). The Morgan fingerprint density at radius 3 is 2.03 bits per heavy atom. The van der Waals surface area contributed by atoms with Gasteiger partial charge in [0.2, 0.25) is 5.60 Å². The third-order valence-corrected chi connectivity index (χ3v) is 8.19. The van der Waals surface area contributed by atoms with Gasteiger partial charge in [0.25, 0.3) is 0 Å². The molecule has 0 unspecified atom stereocenters. The second kappa shape index (κ2) is 6.33. The summed E-state index contributed by atoms with van der Waals surface area (Å²) in [5.41, 5.74) is 2.87. The monoisotopic (exact) mass is 438 g/mol. The maximum absolute atomic E-state index is 13.8. The van der Waals surface area contributed by atoms with Crippen molar-refractivity contribution in [3.8, 4) is 0 Å². The first-order valence-corrected chi connectivity index (χ1v) is 11.3. The maximum atomic E-state index is 13.8. The zero-order chi connectivity index (χ0) is 22.4. The molecule has 2 aliphatic heterocycles. The van der Waals surface area contributed by atoms with Gasteiger partial charge in [0.1, 0.15) is 11.5 Å². The molecule has 3 aliphatic carbocycles. The summed E-state index contributed by atoms with van der Waals surface area (Å²) in [6, 6.07) is 26.1. The molecule has 0 amide bonds. The SMILES string of the molecule is COC(=O)[C@]1([C@]23O[C@H]2[C@H](c2ccccc2)OC3=O)CC2c3ccccc3C1c1ccccc12. The lowest BCUT2D eigenvalue weighted by atomic mass is 9.47. The molecule has 5 aliphatic rings. The molecular weight excluding hydrogens is 416 g/mol. The van der Waals surface area contributed by atoms with E-state index in [1.165, 1.54) is 18.2 Å². The van der Waals surface area contributed by atoms with E-state index in [0.717, 1.165) is 16.7 Å². The molecule has 0 saturated carbocycles. The van der Waals surface area contributed by atoms with Crippen molar-refractivity contribution >= 4 is 11.9 Å². The Morgan fingerprint density at radius 2 is 1.45 bits per heavy atom. The zero-order valence-electron chi connectivity index (χ0n) is 18.1. The van der Waals surface area contributed by atoms with Gasteiger partial charge in [-0.15, -0.1) is 0 Å². The van der Waals surface area contributed by atoms with Crippen LogP contribution >= 0.6 is 0 Å². The zero-order valence-corrected chi connectivity index (χ0v) is 18.1. The van der Waals surface area contributed by atoms with Crippen molar-refractivity contribution in [2.24, 2.45) is 5.41 Å². The normalized spacial score (nSPS) is 34.6. The number of esters is 2. The number of rotatable bonds is 3. The van der Waals surface area contributed by atoms with E-state index in [9.17, 15) is 9.59 Å². The van der Waals surface area contributed by atoms with Crippen LogP contribution in [0.1, 0.15) is 52.2 Å². The molecule has 164 valence electrons. The Balaban J connectivity index is 1.46. The van der Waals surface area contributed by atoms with Crippen molar-refractivity contribution in [1.82, 2.24) is 0 Å². The summed E-state index contributed by atoms with van der Waals surface area (Å²) in [5, 5.41) is 0. The van der Waals surface area contributed by atoms with Crippen LogP contribution in [0.3, 0.4) is 0 Å². The van der Waals surface area contributed by atoms with E-state index in [2.05, 4.69) is 24.3 Å². The Morgan fingerprint density at radius 1 is 0.879 bits per heavy atom. The molecule has 33 heavy (non-hydrogen) atoms. The predicted octanol–water partition coefficient (Wildman–Crippen LogP) is 4.26. The Kier molecular flexibility index (Phi) is 3.66. The van der Waals surface area contributed by atoms with Crippen LogP contribution in [0.4, 0.5) is 0 Å². The topological polar surface area (TPSA) is 65.1 Å². The van der Waals surface area contributed by atoms with Crippen LogP contribution in [-0.2, 0) is 23.8 Å². The molecule has 3 aromatic rings. The summed E-state index contributed by atoms with van der Waals surface area (Å²) in [4.78, 5) is 27.4. The second-order valence-corrected chi connectivity index (χ2v) is 9.42. The van der Waals surface area contributed by atoms with E-state index in [-0.39, 0.29) is 11.8 Å². The number of cyclic esters (lactones) is 1. The van der Waals surface area contributed by atoms with Crippen molar-refractivity contribution in [2.45, 2.75) is 36.1 Å². The van der Waals surface area contributed by atoms with Gasteiger partial charge in [-0.3, -0.25) is 4.79 Å². The molecule has 3 aromatic carbocycles. The molecule has 2 heterocycles. The lowest BCUT2D eigenvalue weighted by molar-refractivity contribution is -0.174. The number of carbonyl (C=O) groups excluding carboxylic acids is 2. The Labute approximate surface area is 191 Å². The van der Waals surface area contributed by atoms with Gasteiger partial charge in [0.05, 0.1) is 7.11 Å². The fourth-order valence-corrected chi connectivity index (χ4v) is 6.91. The van der Waals surface area contributed by atoms with Gasteiger partial charge in [-0.05, 0) is 34.2 Å². The van der Waals surface area contributed by atoms with E-state index in [0.29, 0.717) is 6.42 Å². The summed E-state index contributed by atoms with van der Waals surface area (Å²) in [7, 11) is 1.40. The van der Waals surface area contributed by atoms with Crippen LogP contribution in [0, 0.1) is 5.41 Å². The van der Waals surface area contributed by atoms with Gasteiger partial charge >= 0.3 is 11.9 Å². The third-order valence-electron chi connectivity index (χ3n) is 8.19. The summed E-state index contributed by atoms with van der Waals surface area (Å²) in [6.07, 6.45) is -0.609. The number of epoxide rings is 1. The summed E-state index contributed by atoms with van der Waals surface area (Å²) < 4.78 is 17.6. The standard InChI is InChI=1S/C28H22O5/c1-31-25(29)27(28-24(33-28)23(32-26(28)30)16-9-3-2-4-10-16)15-21-17-11-5-7-13-19(17)22(27)20-14-8-6-12-18(20)21/h2-14,21-24H,15H2,1H3/t21?,22?,23-,24-,27-,28-/m0/s1. The second-order valence-electron chi connectivity index (χ2n) is 9.42. The maximum Gasteiger partial charge on any atom is 0.343 e. The number of hydrogen-bond acceptors (Lipinski definition) is 5. The molecule has 0 spiro atoms. The Bertz CT molecular complexity index is 1270. The van der Waals surface area contributed by atoms with Crippen molar-refractivity contribution in [2.75, 3.05) is 7.11 Å². The van der Waals surface area contributed by atoms with Crippen molar-refractivity contribution in [3.63, 3.8) is 0 Å². The van der Waals surface area contributed by atoms with Crippen LogP contribution in [0.2, 0.25) is 0 Å². The van der Waals surface area contributed by atoms with Crippen LogP contribution in [-0.4, -0.2) is 30.8 Å². The fraction of sp³-hybridized carbons (Fsp3) is 0.286. The molecule has 5 heteroatoms. The fourth-order valence-electron chi connectivity index (χ4n) is 6.91. The molecular formula is C28H22O5. The van der Waals surface area contributed by atoms with Crippen molar-refractivity contribution in [1.29, 1.82) is 0 Å². The predicted molar refractivity (Wildman–Crippen MR) is 119 cm³/mol. The molecule has 5 nitrogen and oxygen atoms in total. The van der Waals surface area contributed by atoms with Crippen molar-refractivity contribution < 1.29 is 23.8 Å². The number of ether oxygens (including phenoxy) is 3. The molecule has 0 aromatic heterocycles. The van der Waals surface area contributed by atoms with Crippen molar-refractivity contribution in [3.05, 3.63) is 107 Å². The molecule has 2 saturated heterocycles. The first-order chi connectivity index (χ1) is 16.1. The third kappa shape index (κ3) is 2.12. The first kappa shape index (κ1) is 19.1. The highest BCUT2D eigenvalue weighted by molar-refractivity contribution is 5.98. The van der Waals surface area contributed by atoms with Crippen LogP contribution in [0.5, 0.6) is 0 Å². The summed E-state index contributed by atoms with van der Waals surface area (Å²) >= 11 is 0. The molecule has 2 fully saturated rings. The van der Waals surface area contributed by atoms with Crippen LogP contribution < -0.4 is 0 Å². The average molecular weight is 438 g/mol. The van der Waals surface area contributed by atoms with Gasteiger partial charge in [0, 0.05) is 11.8 Å². The van der Waals surface area contributed by atoms with E-state index in [1.807, 2.05) is 54.6 Å². The largest absolute Gasteiger partial charge is 0.468 e. The quantitative estimate of drug-likeness (QED) is 0.452. The average Bonchev–Trinajstić information content (AvgIpc) is 3.57. The van der Waals surface area contributed by atoms with E-state index >= 15 is 0 Å². The van der Waals surface area contributed by atoms with E-state index in [1.54, 1.807) is 0 Å². The summed E-state index contributed by atoms with van der Waals surface area (Å²) in [6.45, 7) is 0. The molecule has 0 N–H and O–H groups in total. The molecule has 0 radical (unpaired) electrons. The highest BCUT2D eigenvalue weighted by Crippen LogP contribution is 2.73. The van der Waals surface area contributed by atoms with Gasteiger partial charge in [-0.1, -0.05) is 78.9 Å². The highest BCUT2D eigenvalue weighted by Gasteiger charge is 2.86. The van der Waals surface area contributed by atoms with E-state index in [4.69, 9.17) is 14.2 Å². The van der Waals surface area contributed by atoms with Gasteiger partial charge in [-0.2, -0.15) is 0 Å². The highest BCUT2D eigenvalue weighted by atomic mass is 16.7. The minimum atomic E-state index is -1.36. The molecule has 2 bridgehead atoms. The van der Waals surface area contributed by atoms with Gasteiger partial charge in [0.15, 0.2) is 6.10 Å². The molecule has 4 atom stereocenters. The number of fused-ring (bicyclic) bond motifs is 3.